The number of aromatic nitrogens is 2. The third kappa shape index (κ3) is 2.70. The second kappa shape index (κ2) is 5.84. The average molecular weight is 281 g/mol. The average Bonchev–Trinajstić information content (AvgIpc) is 3.02. The molecule has 0 aliphatic heterocycles. The lowest BCUT2D eigenvalue weighted by atomic mass is 10.2. The molecule has 3 nitrogen and oxygen atoms in total. The van der Waals surface area contributed by atoms with Gasteiger partial charge in [0.1, 0.15) is 5.82 Å². The normalized spacial score (nSPS) is 10.4. The zero-order chi connectivity index (χ0) is 13.8. The van der Waals surface area contributed by atoms with Crippen molar-refractivity contribution >= 4 is 17.2 Å². The van der Waals surface area contributed by atoms with Crippen molar-refractivity contribution in [3.63, 3.8) is 0 Å². The van der Waals surface area contributed by atoms with Crippen molar-refractivity contribution in [2.24, 2.45) is 0 Å². The highest BCUT2D eigenvalue weighted by molar-refractivity contribution is 7.08. The van der Waals surface area contributed by atoms with Crippen molar-refractivity contribution < 1.29 is 0 Å². The maximum absolute atomic E-state index is 4.68. The number of anilines is 1. The lowest BCUT2D eigenvalue weighted by Gasteiger charge is -2.08. The van der Waals surface area contributed by atoms with E-state index < -0.39 is 0 Å². The highest BCUT2D eigenvalue weighted by Crippen LogP contribution is 2.25. The Morgan fingerprint density at radius 1 is 1.05 bits per heavy atom. The second-order valence-electron chi connectivity index (χ2n) is 4.37. The van der Waals surface area contributed by atoms with Gasteiger partial charge in [0, 0.05) is 29.1 Å². The summed E-state index contributed by atoms with van der Waals surface area (Å²) in [7, 11) is 0. The van der Waals surface area contributed by atoms with Crippen LogP contribution >= 0.6 is 11.3 Å². The second-order valence-corrected chi connectivity index (χ2v) is 5.15. The first-order valence-electron chi connectivity index (χ1n) is 6.58. The summed E-state index contributed by atoms with van der Waals surface area (Å²) in [5.74, 6) is 1.62. The summed E-state index contributed by atoms with van der Waals surface area (Å²) in [5, 5.41) is 7.44. The molecule has 0 atom stereocenters. The summed E-state index contributed by atoms with van der Waals surface area (Å²) >= 11 is 1.67. The van der Waals surface area contributed by atoms with Crippen molar-refractivity contribution in [2.45, 2.75) is 6.92 Å². The van der Waals surface area contributed by atoms with Gasteiger partial charge < -0.3 is 5.32 Å². The minimum atomic E-state index is 0.755. The van der Waals surface area contributed by atoms with Gasteiger partial charge in [0.15, 0.2) is 5.82 Å². The largest absolute Gasteiger partial charge is 0.370 e. The van der Waals surface area contributed by atoms with Crippen LogP contribution in [0.4, 0.5) is 5.82 Å². The maximum Gasteiger partial charge on any atom is 0.162 e. The Bertz CT molecular complexity index is 678. The summed E-state index contributed by atoms with van der Waals surface area (Å²) in [4.78, 5) is 9.27. The first-order chi connectivity index (χ1) is 9.86. The molecule has 100 valence electrons. The first kappa shape index (κ1) is 12.8. The predicted octanol–water partition coefficient (Wildman–Crippen LogP) is 4.30. The molecule has 0 saturated carbocycles. The van der Waals surface area contributed by atoms with Crippen molar-refractivity contribution in [1.29, 1.82) is 0 Å². The van der Waals surface area contributed by atoms with Gasteiger partial charge in [-0.25, -0.2) is 9.97 Å². The molecule has 0 amide bonds. The van der Waals surface area contributed by atoms with Gasteiger partial charge in [-0.3, -0.25) is 0 Å². The van der Waals surface area contributed by atoms with Crippen molar-refractivity contribution in [2.75, 3.05) is 11.9 Å². The zero-order valence-electron chi connectivity index (χ0n) is 11.2. The molecule has 1 aromatic carbocycles. The van der Waals surface area contributed by atoms with Crippen LogP contribution in [0.2, 0.25) is 0 Å². The minimum absolute atomic E-state index is 0.755. The Morgan fingerprint density at radius 3 is 2.60 bits per heavy atom. The molecule has 0 aliphatic rings. The fourth-order valence-electron chi connectivity index (χ4n) is 1.99. The van der Waals surface area contributed by atoms with E-state index >= 15 is 0 Å². The Labute approximate surface area is 122 Å². The quantitative estimate of drug-likeness (QED) is 0.774. The van der Waals surface area contributed by atoms with E-state index in [4.69, 9.17) is 0 Å². The minimum Gasteiger partial charge on any atom is -0.370 e. The maximum atomic E-state index is 4.68. The number of hydrogen-bond donors (Lipinski definition) is 1. The Hall–Kier alpha value is -2.20. The van der Waals surface area contributed by atoms with Gasteiger partial charge in [0.05, 0.1) is 5.69 Å². The Kier molecular flexibility index (Phi) is 3.74. The number of nitrogens with zero attached hydrogens (tertiary/aromatic N) is 2. The molecule has 3 aromatic rings. The molecular formula is C16H15N3S. The van der Waals surface area contributed by atoms with Crippen LogP contribution in [0.5, 0.6) is 0 Å². The molecule has 4 heteroatoms. The summed E-state index contributed by atoms with van der Waals surface area (Å²) in [6, 6.07) is 14.1. The number of thiophene rings is 1. The Morgan fingerprint density at radius 2 is 1.90 bits per heavy atom. The van der Waals surface area contributed by atoms with Crippen LogP contribution in [-0.2, 0) is 0 Å². The predicted molar refractivity (Wildman–Crippen MR) is 84.9 cm³/mol. The summed E-state index contributed by atoms with van der Waals surface area (Å²) in [6.45, 7) is 2.91. The fourth-order valence-corrected chi connectivity index (χ4v) is 2.64. The Balaban J connectivity index is 2.10. The summed E-state index contributed by atoms with van der Waals surface area (Å²) < 4.78 is 0. The van der Waals surface area contributed by atoms with Gasteiger partial charge >= 0.3 is 0 Å². The number of nitrogens with one attached hydrogen (secondary N) is 1. The van der Waals surface area contributed by atoms with Crippen molar-refractivity contribution in [3.8, 4) is 22.6 Å². The molecule has 2 aromatic heterocycles. The summed E-state index contributed by atoms with van der Waals surface area (Å²) in [5.41, 5.74) is 3.12. The van der Waals surface area contributed by atoms with Crippen LogP contribution < -0.4 is 5.32 Å². The zero-order valence-corrected chi connectivity index (χ0v) is 12.0. The van der Waals surface area contributed by atoms with Crippen LogP contribution in [0.25, 0.3) is 22.6 Å². The summed E-state index contributed by atoms with van der Waals surface area (Å²) in [6.07, 6.45) is 0. The number of rotatable bonds is 4. The van der Waals surface area contributed by atoms with E-state index in [2.05, 4.69) is 39.0 Å². The molecule has 0 fully saturated rings. The lowest BCUT2D eigenvalue weighted by molar-refractivity contribution is 1.12. The van der Waals surface area contributed by atoms with E-state index in [1.54, 1.807) is 11.3 Å². The van der Waals surface area contributed by atoms with Crippen LogP contribution in [0.1, 0.15) is 6.92 Å². The van der Waals surface area contributed by atoms with Crippen LogP contribution in [-0.4, -0.2) is 16.5 Å². The van der Waals surface area contributed by atoms with E-state index in [0.29, 0.717) is 0 Å². The topological polar surface area (TPSA) is 37.8 Å². The van der Waals surface area contributed by atoms with E-state index in [-0.39, 0.29) is 0 Å². The monoisotopic (exact) mass is 281 g/mol. The van der Waals surface area contributed by atoms with Gasteiger partial charge in [-0.2, -0.15) is 11.3 Å². The molecule has 0 unspecified atom stereocenters. The highest BCUT2D eigenvalue weighted by Gasteiger charge is 2.08. The van der Waals surface area contributed by atoms with Gasteiger partial charge in [0.25, 0.3) is 0 Å². The molecule has 0 radical (unpaired) electrons. The molecule has 2 heterocycles. The van der Waals surface area contributed by atoms with Crippen LogP contribution in [0.3, 0.4) is 0 Å². The number of benzene rings is 1. The molecule has 0 bridgehead atoms. The van der Waals surface area contributed by atoms with Crippen LogP contribution in [0, 0.1) is 0 Å². The molecule has 0 saturated heterocycles. The highest BCUT2D eigenvalue weighted by atomic mass is 32.1. The van der Waals surface area contributed by atoms with Gasteiger partial charge in [-0.05, 0) is 18.4 Å². The third-order valence-corrected chi connectivity index (χ3v) is 3.62. The number of hydrogen-bond acceptors (Lipinski definition) is 4. The molecular weight excluding hydrogens is 266 g/mol. The van der Waals surface area contributed by atoms with E-state index in [0.717, 1.165) is 35.0 Å². The van der Waals surface area contributed by atoms with E-state index in [9.17, 15) is 0 Å². The van der Waals surface area contributed by atoms with Crippen molar-refractivity contribution in [1.82, 2.24) is 9.97 Å². The standard InChI is InChI=1S/C16H15N3S/c1-2-17-15-10-14(13-8-9-20-11-13)18-16(19-15)12-6-4-3-5-7-12/h3-11H,2H2,1H3,(H,17,18,19). The molecule has 0 aliphatic carbocycles. The fraction of sp³-hybridized carbons (Fsp3) is 0.125. The van der Waals surface area contributed by atoms with E-state index in [1.807, 2.05) is 36.4 Å². The first-order valence-corrected chi connectivity index (χ1v) is 7.52. The van der Waals surface area contributed by atoms with Crippen LogP contribution in [0.15, 0.2) is 53.2 Å². The SMILES string of the molecule is CCNc1cc(-c2ccsc2)nc(-c2ccccc2)n1. The van der Waals surface area contributed by atoms with Gasteiger partial charge in [-0.1, -0.05) is 30.3 Å². The molecule has 3 rings (SSSR count). The third-order valence-electron chi connectivity index (χ3n) is 2.93. The van der Waals surface area contributed by atoms with E-state index in [1.165, 1.54) is 0 Å². The lowest BCUT2D eigenvalue weighted by Crippen LogP contribution is -2.02. The molecule has 20 heavy (non-hydrogen) atoms. The molecule has 0 spiro atoms. The smallest absolute Gasteiger partial charge is 0.162 e. The molecule has 1 N–H and O–H groups in total. The van der Waals surface area contributed by atoms with Gasteiger partial charge in [0.2, 0.25) is 0 Å². The van der Waals surface area contributed by atoms with Crippen molar-refractivity contribution in [3.05, 3.63) is 53.2 Å². The van der Waals surface area contributed by atoms with Gasteiger partial charge in [-0.15, -0.1) is 0 Å².